The zero-order chi connectivity index (χ0) is 49.1. The van der Waals surface area contributed by atoms with Crippen LogP contribution in [0.1, 0.15) is 77.0 Å². The van der Waals surface area contributed by atoms with E-state index in [-0.39, 0.29) is 38.3 Å². The van der Waals surface area contributed by atoms with Crippen molar-refractivity contribution in [3.05, 3.63) is 223 Å². The Labute approximate surface area is 435 Å². The van der Waals surface area contributed by atoms with Crippen molar-refractivity contribution in [2.75, 3.05) is 9.80 Å². The van der Waals surface area contributed by atoms with Gasteiger partial charge in [-0.15, -0.1) is 53.6 Å². The largest absolute Gasteiger partial charge is 0.509 e. The number of benzene rings is 8. The fraction of sp³-hybridized carbons (Fsp3) is 0.156. The van der Waals surface area contributed by atoms with Crippen LogP contribution < -0.4 is 14.5 Å². The molecule has 2 aromatic heterocycles. The van der Waals surface area contributed by atoms with Gasteiger partial charge >= 0.3 is 0 Å². The molecule has 8 heteroatoms. The number of pyridine rings is 1. The van der Waals surface area contributed by atoms with Gasteiger partial charge in [0, 0.05) is 78.5 Å². The minimum Gasteiger partial charge on any atom is -0.509 e. The maximum absolute atomic E-state index is 15.2. The van der Waals surface area contributed by atoms with Gasteiger partial charge in [0.05, 0.1) is 0 Å². The topological polar surface area (TPSA) is 33.5 Å². The van der Waals surface area contributed by atoms with E-state index in [0.717, 1.165) is 78.7 Å². The summed E-state index contributed by atoms with van der Waals surface area (Å²) in [6.45, 7) is 17.5. The van der Waals surface area contributed by atoms with Crippen molar-refractivity contribution >= 4 is 44.6 Å². The molecule has 5 nitrogen and oxygen atoms in total. The first kappa shape index (κ1) is 48.3. The Kier molecular flexibility index (Phi) is 13.0. The molecule has 0 saturated heterocycles. The van der Waals surface area contributed by atoms with Crippen LogP contribution in [0.5, 0.6) is 11.5 Å². The molecule has 0 atom stereocenters. The number of nitrogens with zero attached hydrogens (tertiary/aromatic N) is 4. The molecule has 362 valence electrons. The Morgan fingerprint density at radius 1 is 0.556 bits per heavy atom. The number of hydrogen-bond donors (Lipinski definition) is 0. The molecule has 1 aliphatic heterocycles. The molecule has 0 amide bonds. The number of hydrogen-bond acceptors (Lipinski definition) is 4. The van der Waals surface area contributed by atoms with Crippen LogP contribution in [0.2, 0.25) is 0 Å². The third kappa shape index (κ3) is 9.12. The molecule has 0 fully saturated rings. The van der Waals surface area contributed by atoms with E-state index >= 15 is 8.78 Å². The van der Waals surface area contributed by atoms with Crippen molar-refractivity contribution in [2.45, 2.75) is 65.7 Å². The van der Waals surface area contributed by atoms with Crippen molar-refractivity contribution in [2.24, 2.45) is 0 Å². The summed E-state index contributed by atoms with van der Waals surface area (Å²) in [6.07, 6.45) is 1.88. The molecule has 3 heterocycles. The molecule has 72 heavy (non-hydrogen) atoms. The van der Waals surface area contributed by atoms with E-state index in [2.05, 4.69) is 179 Å². The summed E-state index contributed by atoms with van der Waals surface area (Å²) in [7, 11) is 0. The van der Waals surface area contributed by atoms with Crippen LogP contribution in [-0.2, 0) is 26.5 Å². The van der Waals surface area contributed by atoms with Crippen molar-refractivity contribution in [1.29, 1.82) is 0 Å². The molecule has 10 aromatic rings. The van der Waals surface area contributed by atoms with Crippen LogP contribution in [-0.4, -0.2) is 9.55 Å². The van der Waals surface area contributed by atoms with Gasteiger partial charge in [0.1, 0.15) is 17.5 Å². The molecule has 0 radical (unpaired) electrons. The van der Waals surface area contributed by atoms with Gasteiger partial charge in [-0.05, 0) is 98.5 Å². The van der Waals surface area contributed by atoms with Crippen LogP contribution >= 0.6 is 0 Å². The quantitative estimate of drug-likeness (QED) is 0.128. The summed E-state index contributed by atoms with van der Waals surface area (Å²) < 4.78 is 39.5. The Morgan fingerprint density at radius 2 is 1.19 bits per heavy atom. The molecule has 0 unspecified atom stereocenters. The monoisotopic (exact) mass is 1130 g/mol. The van der Waals surface area contributed by atoms with Crippen LogP contribution in [0.4, 0.5) is 31.5 Å². The summed E-state index contributed by atoms with van der Waals surface area (Å²) in [4.78, 5) is 9.14. The first-order valence-electron chi connectivity index (χ1n) is 24.3. The average Bonchev–Trinajstić information content (AvgIpc) is 3.91. The van der Waals surface area contributed by atoms with E-state index in [1.54, 1.807) is 0 Å². The third-order valence-electron chi connectivity index (χ3n) is 13.5. The normalized spacial score (nSPS) is 12.5. The van der Waals surface area contributed by atoms with Crippen LogP contribution in [0, 0.1) is 30.4 Å². The Balaban J connectivity index is 0.00000596. The van der Waals surface area contributed by atoms with Gasteiger partial charge in [-0.1, -0.05) is 151 Å². The van der Waals surface area contributed by atoms with E-state index in [0.29, 0.717) is 22.6 Å². The van der Waals surface area contributed by atoms with Crippen LogP contribution in [0.25, 0.3) is 61.0 Å². The summed E-state index contributed by atoms with van der Waals surface area (Å²) in [6, 6.07) is 63.1. The van der Waals surface area contributed by atoms with E-state index < -0.39 is 11.6 Å². The van der Waals surface area contributed by atoms with E-state index in [4.69, 9.17) is 9.72 Å². The maximum Gasteiger partial charge on any atom is 0.135 e. The molecule has 0 N–H and O–H groups in total. The second-order valence-corrected chi connectivity index (χ2v) is 20.1. The second kappa shape index (κ2) is 19.3. The van der Waals surface area contributed by atoms with Gasteiger partial charge in [0.25, 0.3) is 0 Å². The van der Waals surface area contributed by atoms with E-state index in [1.165, 1.54) is 28.8 Å². The van der Waals surface area contributed by atoms with Crippen LogP contribution in [0.15, 0.2) is 176 Å². The van der Waals surface area contributed by atoms with Crippen molar-refractivity contribution < 1.29 is 34.6 Å². The first-order valence-corrected chi connectivity index (χ1v) is 24.3. The second-order valence-electron chi connectivity index (χ2n) is 20.1. The Hall–Kier alpha value is -7.34. The zero-order valence-corrected chi connectivity index (χ0v) is 43.5. The Bertz CT molecular complexity index is 3600. The SMILES string of the molecule is CC(C)c1cc(-c2cccc(-c3cc(F)cc(F)c3)c2N2[CH-]N(c3[c-]c(Oc4[c-]c5c(cc4)c4ccccc4n5-c4cc(C(C)(C)C)ccn4)cc(-c4ccccc4)c3)c3ccccc32)cc(C(C)C)c1.[Pt]. The fourth-order valence-electron chi connectivity index (χ4n) is 9.77. The number of rotatable bonds is 10. The van der Waals surface area contributed by atoms with Gasteiger partial charge in [0.2, 0.25) is 0 Å². The Morgan fingerprint density at radius 3 is 1.88 bits per heavy atom. The van der Waals surface area contributed by atoms with E-state index in [1.807, 2.05) is 60.8 Å². The summed E-state index contributed by atoms with van der Waals surface area (Å²) >= 11 is 0. The van der Waals surface area contributed by atoms with Gasteiger partial charge in [-0.2, -0.15) is 6.07 Å². The molecule has 0 saturated carbocycles. The summed E-state index contributed by atoms with van der Waals surface area (Å²) in [5, 5.41) is 2.14. The predicted molar refractivity (Wildman–Crippen MR) is 287 cm³/mol. The van der Waals surface area contributed by atoms with Crippen molar-refractivity contribution in [3.8, 4) is 50.7 Å². The zero-order valence-electron chi connectivity index (χ0n) is 41.2. The van der Waals surface area contributed by atoms with E-state index in [9.17, 15) is 0 Å². The molecule has 1 aliphatic rings. The van der Waals surface area contributed by atoms with Gasteiger partial charge in [0.15, 0.2) is 0 Å². The van der Waals surface area contributed by atoms with Crippen molar-refractivity contribution in [3.63, 3.8) is 0 Å². The predicted octanol–water partition coefficient (Wildman–Crippen LogP) is 17.8. The molecule has 0 bridgehead atoms. The standard InChI is InChI=1S/C64H53F2N4O.Pt/c1-40(2)43-28-44(41(3)4)30-46(29-43)54-19-15-20-55(47-31-49(65)36-50(66)32-47)63(54)69-39-68(59-22-13-14-23-60(59)69)51-33-45(42-16-9-8-10-17-42)34-53(37-51)71-52-24-25-57-56-18-11-12-21-58(56)70(61(57)38-52)62-35-48(26-27-67-62)64(5,6)7;/h8-36,39-41H,1-7H3;/q-3;. The maximum atomic E-state index is 15.2. The molecular formula is C64H53F2N4OPt-3. The third-order valence-corrected chi connectivity index (χ3v) is 13.5. The minimum absolute atomic E-state index is 0. The number of ether oxygens (including phenoxy) is 1. The average molecular weight is 1130 g/mol. The van der Waals surface area contributed by atoms with Crippen molar-refractivity contribution in [1.82, 2.24) is 9.55 Å². The summed E-state index contributed by atoms with van der Waals surface area (Å²) in [5.74, 6) is 1.11. The summed E-state index contributed by atoms with van der Waals surface area (Å²) in [5.41, 5.74) is 13.8. The molecular weight excluding hydrogens is 1070 g/mol. The van der Waals surface area contributed by atoms with Gasteiger partial charge in [-0.25, -0.2) is 13.8 Å². The number of anilines is 4. The smallest absolute Gasteiger partial charge is 0.135 e. The minimum atomic E-state index is -0.642. The number of para-hydroxylation sites is 4. The first-order chi connectivity index (χ1) is 34.3. The molecule has 8 aromatic carbocycles. The molecule has 0 aliphatic carbocycles. The van der Waals surface area contributed by atoms with Gasteiger partial charge < -0.3 is 19.1 Å². The molecule has 0 spiro atoms. The molecule has 11 rings (SSSR count). The van der Waals surface area contributed by atoms with Crippen LogP contribution in [0.3, 0.4) is 0 Å². The number of aromatic nitrogens is 2. The number of halogens is 2. The van der Waals surface area contributed by atoms with Gasteiger partial charge in [-0.3, -0.25) is 0 Å². The fourth-order valence-corrected chi connectivity index (χ4v) is 9.77. The number of fused-ring (bicyclic) bond motifs is 4.